The topological polar surface area (TPSA) is 70.1 Å². The Morgan fingerprint density at radius 1 is 1.09 bits per heavy atom. The lowest BCUT2D eigenvalue weighted by Crippen LogP contribution is -2.32. The third-order valence-electron chi connectivity index (χ3n) is 5.70. The number of benzene rings is 2. The van der Waals surface area contributed by atoms with E-state index in [0.717, 1.165) is 35.4 Å². The summed E-state index contributed by atoms with van der Waals surface area (Å²) in [4.78, 5) is 29.8. The van der Waals surface area contributed by atoms with Crippen LogP contribution < -0.4 is 4.74 Å². The molecule has 1 heterocycles. The van der Waals surface area contributed by atoms with Crippen molar-refractivity contribution in [2.45, 2.75) is 33.2 Å². The first-order chi connectivity index (χ1) is 15.2. The summed E-state index contributed by atoms with van der Waals surface area (Å²) in [7, 11) is 3.94. The van der Waals surface area contributed by atoms with Crippen LogP contribution in [0.15, 0.2) is 48.0 Å². The molecule has 2 aromatic rings. The van der Waals surface area contributed by atoms with Gasteiger partial charge in [-0.1, -0.05) is 29.8 Å². The van der Waals surface area contributed by atoms with Gasteiger partial charge in [0.15, 0.2) is 0 Å². The number of likely N-dealkylation sites (tertiary alicyclic amines) is 1. The minimum Gasteiger partial charge on any atom is -0.507 e. The van der Waals surface area contributed by atoms with E-state index in [1.165, 1.54) is 0 Å². The van der Waals surface area contributed by atoms with Crippen molar-refractivity contribution in [3.8, 4) is 5.75 Å². The van der Waals surface area contributed by atoms with E-state index < -0.39 is 17.7 Å². The van der Waals surface area contributed by atoms with Crippen LogP contribution in [0.1, 0.15) is 41.6 Å². The summed E-state index contributed by atoms with van der Waals surface area (Å²) in [5.41, 5.74) is 3.29. The highest BCUT2D eigenvalue weighted by atomic mass is 16.5. The van der Waals surface area contributed by atoms with Crippen LogP contribution in [-0.2, 0) is 9.59 Å². The summed E-state index contributed by atoms with van der Waals surface area (Å²) in [6, 6.07) is 12.4. The van der Waals surface area contributed by atoms with Gasteiger partial charge in [-0.15, -0.1) is 0 Å². The highest BCUT2D eigenvalue weighted by molar-refractivity contribution is 6.46. The molecule has 1 unspecified atom stereocenters. The molecule has 170 valence electrons. The number of hydrogen-bond donors (Lipinski definition) is 1. The average Bonchev–Trinajstić information content (AvgIpc) is 3.00. The first-order valence-corrected chi connectivity index (χ1v) is 11.0. The monoisotopic (exact) mass is 436 g/mol. The molecule has 32 heavy (non-hydrogen) atoms. The molecule has 0 aliphatic carbocycles. The molecule has 1 saturated heterocycles. The molecular weight excluding hydrogens is 404 g/mol. The predicted molar refractivity (Wildman–Crippen MR) is 126 cm³/mol. The molecule has 6 heteroatoms. The molecule has 1 atom stereocenters. The molecule has 1 aliphatic heterocycles. The van der Waals surface area contributed by atoms with Crippen molar-refractivity contribution in [3.05, 3.63) is 70.3 Å². The van der Waals surface area contributed by atoms with Crippen LogP contribution in [0.5, 0.6) is 5.75 Å². The summed E-state index contributed by atoms with van der Waals surface area (Å²) in [5, 5.41) is 11.3. The number of carbonyl (C=O) groups excluding carboxylic acids is 2. The minimum absolute atomic E-state index is 0.126. The fourth-order valence-corrected chi connectivity index (χ4v) is 4.06. The first kappa shape index (κ1) is 23.5. The minimum atomic E-state index is -0.646. The zero-order valence-electron chi connectivity index (χ0n) is 19.5. The first-order valence-electron chi connectivity index (χ1n) is 11.0. The Morgan fingerprint density at radius 3 is 2.41 bits per heavy atom. The highest BCUT2D eigenvalue weighted by Crippen LogP contribution is 2.40. The number of ether oxygens (including phenoxy) is 1. The van der Waals surface area contributed by atoms with E-state index in [1.54, 1.807) is 4.90 Å². The van der Waals surface area contributed by atoms with E-state index >= 15 is 0 Å². The van der Waals surface area contributed by atoms with Crippen molar-refractivity contribution in [1.29, 1.82) is 0 Å². The quantitative estimate of drug-likeness (QED) is 0.384. The van der Waals surface area contributed by atoms with Gasteiger partial charge in [-0.3, -0.25) is 9.59 Å². The number of Topliss-reactive ketones (excluding diaryl/α,β-unsaturated/α-hetero) is 1. The van der Waals surface area contributed by atoms with E-state index in [1.807, 2.05) is 82.2 Å². The number of aliphatic hydroxyl groups is 1. The second-order valence-corrected chi connectivity index (χ2v) is 8.47. The molecule has 3 rings (SSSR count). The van der Waals surface area contributed by atoms with Crippen LogP contribution in [0.25, 0.3) is 5.76 Å². The fourth-order valence-electron chi connectivity index (χ4n) is 4.06. The van der Waals surface area contributed by atoms with Gasteiger partial charge in [-0.05, 0) is 77.2 Å². The summed E-state index contributed by atoms with van der Waals surface area (Å²) in [6.07, 6.45) is 0.719. The van der Waals surface area contributed by atoms with Crippen molar-refractivity contribution < 1.29 is 19.4 Å². The van der Waals surface area contributed by atoms with Crippen LogP contribution >= 0.6 is 0 Å². The molecule has 0 saturated carbocycles. The second-order valence-electron chi connectivity index (χ2n) is 8.47. The van der Waals surface area contributed by atoms with Gasteiger partial charge in [0.2, 0.25) is 0 Å². The Labute approximate surface area is 190 Å². The lowest BCUT2D eigenvalue weighted by molar-refractivity contribution is -0.139. The molecule has 1 fully saturated rings. The fraction of sp³-hybridized carbons (Fsp3) is 0.385. The maximum atomic E-state index is 13.1. The zero-order chi connectivity index (χ0) is 23.4. The number of aryl methyl sites for hydroxylation is 2. The third kappa shape index (κ3) is 4.86. The summed E-state index contributed by atoms with van der Waals surface area (Å²) >= 11 is 0. The van der Waals surface area contributed by atoms with E-state index in [4.69, 9.17) is 4.74 Å². The highest BCUT2D eigenvalue weighted by Gasteiger charge is 2.45. The largest absolute Gasteiger partial charge is 0.507 e. The van der Waals surface area contributed by atoms with Crippen LogP contribution in [0.4, 0.5) is 0 Å². The van der Waals surface area contributed by atoms with Crippen molar-refractivity contribution in [2.75, 3.05) is 33.8 Å². The standard InChI is InChI=1S/C26H32N2O4/c1-6-32-20-12-10-19(11-13-20)23-22(24(29)21-16-17(2)8-9-18(21)3)25(30)26(31)28(23)15-7-14-27(4)5/h8-13,16,23,29H,6-7,14-15H2,1-5H3/b24-22+. The van der Waals surface area contributed by atoms with Gasteiger partial charge in [-0.25, -0.2) is 0 Å². The Morgan fingerprint density at radius 2 is 1.78 bits per heavy atom. The Balaban J connectivity index is 2.11. The van der Waals surface area contributed by atoms with Crippen LogP contribution in [0.3, 0.4) is 0 Å². The maximum absolute atomic E-state index is 13.1. The van der Waals surface area contributed by atoms with E-state index in [0.29, 0.717) is 18.7 Å². The van der Waals surface area contributed by atoms with E-state index in [-0.39, 0.29) is 11.3 Å². The molecular formula is C26H32N2O4. The van der Waals surface area contributed by atoms with Gasteiger partial charge in [-0.2, -0.15) is 0 Å². The van der Waals surface area contributed by atoms with Crippen LogP contribution in [0, 0.1) is 13.8 Å². The third-order valence-corrected chi connectivity index (χ3v) is 5.70. The van der Waals surface area contributed by atoms with Gasteiger partial charge >= 0.3 is 0 Å². The number of amides is 1. The molecule has 0 spiro atoms. The van der Waals surface area contributed by atoms with Gasteiger partial charge in [0.1, 0.15) is 11.5 Å². The van der Waals surface area contributed by atoms with Crippen molar-refractivity contribution in [1.82, 2.24) is 9.80 Å². The second kappa shape index (κ2) is 10.0. The Hall–Kier alpha value is -3.12. The Kier molecular flexibility index (Phi) is 7.36. The predicted octanol–water partition coefficient (Wildman–Crippen LogP) is 4.08. The normalized spacial score (nSPS) is 17.9. The number of hydrogen-bond acceptors (Lipinski definition) is 5. The zero-order valence-corrected chi connectivity index (χ0v) is 19.5. The van der Waals surface area contributed by atoms with E-state index in [9.17, 15) is 14.7 Å². The molecule has 1 aliphatic rings. The summed E-state index contributed by atoms with van der Waals surface area (Å²) in [5.74, 6) is -0.629. The molecule has 0 radical (unpaired) electrons. The van der Waals surface area contributed by atoms with E-state index in [2.05, 4.69) is 0 Å². The van der Waals surface area contributed by atoms with Crippen molar-refractivity contribution >= 4 is 17.4 Å². The number of carbonyl (C=O) groups is 2. The molecule has 2 aromatic carbocycles. The molecule has 1 N–H and O–H groups in total. The lowest BCUT2D eigenvalue weighted by Gasteiger charge is -2.26. The number of aliphatic hydroxyl groups excluding tert-OH is 1. The van der Waals surface area contributed by atoms with Crippen LogP contribution in [0.2, 0.25) is 0 Å². The molecule has 0 aromatic heterocycles. The number of nitrogens with zero attached hydrogens (tertiary/aromatic N) is 2. The summed E-state index contributed by atoms with van der Waals surface area (Å²) in [6.45, 7) is 7.49. The maximum Gasteiger partial charge on any atom is 0.295 e. The molecule has 0 bridgehead atoms. The number of rotatable bonds is 8. The van der Waals surface area contributed by atoms with Gasteiger partial charge < -0.3 is 19.6 Å². The SMILES string of the molecule is CCOc1ccc(C2/C(=C(\O)c3cc(C)ccc3C)C(=O)C(=O)N2CCCN(C)C)cc1. The average molecular weight is 437 g/mol. The van der Waals surface area contributed by atoms with Gasteiger partial charge in [0.25, 0.3) is 11.7 Å². The Bertz CT molecular complexity index is 1020. The van der Waals surface area contributed by atoms with Gasteiger partial charge in [0.05, 0.1) is 18.2 Å². The molecule has 1 amide bonds. The van der Waals surface area contributed by atoms with Crippen molar-refractivity contribution in [3.63, 3.8) is 0 Å². The van der Waals surface area contributed by atoms with Crippen LogP contribution in [-0.4, -0.2) is 60.4 Å². The smallest absolute Gasteiger partial charge is 0.295 e. The van der Waals surface area contributed by atoms with Gasteiger partial charge in [0, 0.05) is 12.1 Å². The summed E-state index contributed by atoms with van der Waals surface area (Å²) < 4.78 is 5.54. The lowest BCUT2D eigenvalue weighted by atomic mass is 9.93. The molecule has 6 nitrogen and oxygen atoms in total. The number of ketones is 1. The van der Waals surface area contributed by atoms with Crippen molar-refractivity contribution in [2.24, 2.45) is 0 Å².